The number of hydrogen-bond acceptors (Lipinski definition) is 7. The van der Waals surface area contributed by atoms with E-state index in [9.17, 15) is 18.8 Å². The van der Waals surface area contributed by atoms with E-state index in [0.29, 0.717) is 52.5 Å². The Labute approximate surface area is 229 Å². The number of likely N-dealkylation sites (tertiary alicyclic amines) is 1. The highest BCUT2D eigenvalue weighted by atomic mass is 32.1. The van der Waals surface area contributed by atoms with Gasteiger partial charge in [-0.05, 0) is 51.8 Å². The van der Waals surface area contributed by atoms with E-state index in [1.807, 2.05) is 20.8 Å². The van der Waals surface area contributed by atoms with Gasteiger partial charge in [-0.25, -0.2) is 9.18 Å². The summed E-state index contributed by atoms with van der Waals surface area (Å²) < 4.78 is 26.9. The normalized spacial score (nSPS) is 16.2. The SMILES string of the molecule is CC(C)(C)C(=O)OC1CCN(C(=O)c2cc3nccc(Oc4ccc(NC(=O)NC5CC5)cc4F)c3s2)CC1. The van der Waals surface area contributed by atoms with Gasteiger partial charge < -0.3 is 25.0 Å². The van der Waals surface area contributed by atoms with E-state index >= 15 is 0 Å². The molecule has 2 aromatic heterocycles. The number of carbonyl (C=O) groups is 3. The Morgan fingerprint density at radius 2 is 1.79 bits per heavy atom. The van der Waals surface area contributed by atoms with Gasteiger partial charge in [-0.1, -0.05) is 0 Å². The third-order valence-corrected chi connectivity index (χ3v) is 7.65. The van der Waals surface area contributed by atoms with Gasteiger partial charge in [0.25, 0.3) is 5.91 Å². The molecule has 5 rings (SSSR count). The largest absolute Gasteiger partial charge is 0.462 e. The Morgan fingerprint density at radius 3 is 2.46 bits per heavy atom. The molecule has 206 valence electrons. The summed E-state index contributed by atoms with van der Waals surface area (Å²) in [6.07, 6.45) is 4.42. The number of carbonyl (C=O) groups excluding carboxylic acids is 3. The number of piperidine rings is 1. The highest BCUT2D eigenvalue weighted by molar-refractivity contribution is 7.21. The Hall–Kier alpha value is -3.73. The summed E-state index contributed by atoms with van der Waals surface area (Å²) in [7, 11) is 0. The molecular weight excluding hydrogens is 523 g/mol. The Morgan fingerprint density at radius 1 is 1.05 bits per heavy atom. The fourth-order valence-corrected chi connectivity index (χ4v) is 5.15. The molecule has 1 saturated carbocycles. The predicted octanol–water partition coefficient (Wildman–Crippen LogP) is 5.71. The fraction of sp³-hybridized carbons (Fsp3) is 0.429. The first-order chi connectivity index (χ1) is 18.6. The Kier molecular flexibility index (Phi) is 7.44. The lowest BCUT2D eigenvalue weighted by atomic mass is 9.97. The molecule has 2 aliphatic rings. The van der Waals surface area contributed by atoms with Crippen molar-refractivity contribution in [1.82, 2.24) is 15.2 Å². The molecule has 0 bridgehead atoms. The predicted molar refractivity (Wildman–Crippen MR) is 146 cm³/mol. The Balaban J connectivity index is 1.24. The minimum absolute atomic E-state index is 0.0104. The highest BCUT2D eigenvalue weighted by Crippen LogP contribution is 2.37. The summed E-state index contributed by atoms with van der Waals surface area (Å²) in [6, 6.07) is 7.37. The maximum Gasteiger partial charge on any atom is 0.319 e. The maximum absolute atomic E-state index is 14.8. The average molecular weight is 555 g/mol. The minimum Gasteiger partial charge on any atom is -0.462 e. The van der Waals surface area contributed by atoms with Crippen LogP contribution in [-0.4, -0.2) is 53.0 Å². The van der Waals surface area contributed by atoms with Crippen molar-refractivity contribution in [1.29, 1.82) is 0 Å². The number of urea groups is 1. The molecule has 1 saturated heterocycles. The molecule has 3 aromatic rings. The number of hydrogen-bond donors (Lipinski definition) is 2. The van der Waals surface area contributed by atoms with Crippen LogP contribution in [0.4, 0.5) is 14.9 Å². The van der Waals surface area contributed by atoms with Crippen molar-refractivity contribution in [3.63, 3.8) is 0 Å². The first-order valence-corrected chi connectivity index (χ1v) is 13.8. The second-order valence-corrected chi connectivity index (χ2v) is 12.0. The van der Waals surface area contributed by atoms with Crippen LogP contribution in [0.2, 0.25) is 0 Å². The van der Waals surface area contributed by atoms with Crippen molar-refractivity contribution in [2.24, 2.45) is 5.41 Å². The highest BCUT2D eigenvalue weighted by Gasteiger charge is 2.31. The first kappa shape index (κ1) is 26.9. The van der Waals surface area contributed by atoms with Gasteiger partial charge in [0, 0.05) is 56.0 Å². The van der Waals surface area contributed by atoms with Gasteiger partial charge in [0.05, 0.1) is 20.5 Å². The van der Waals surface area contributed by atoms with Crippen molar-refractivity contribution < 1.29 is 28.2 Å². The fourth-order valence-electron chi connectivity index (χ4n) is 4.12. The zero-order valence-electron chi connectivity index (χ0n) is 22.1. The summed E-state index contributed by atoms with van der Waals surface area (Å²) in [5, 5.41) is 5.41. The molecule has 0 unspecified atom stereocenters. The van der Waals surface area contributed by atoms with E-state index in [0.717, 1.165) is 12.8 Å². The molecule has 1 aliphatic carbocycles. The summed E-state index contributed by atoms with van der Waals surface area (Å²) in [5.41, 5.74) is 0.328. The van der Waals surface area contributed by atoms with E-state index in [-0.39, 0.29) is 35.8 Å². The zero-order chi connectivity index (χ0) is 27.7. The number of rotatable bonds is 6. The topological polar surface area (TPSA) is 110 Å². The molecule has 1 aliphatic heterocycles. The van der Waals surface area contributed by atoms with Crippen molar-refractivity contribution in [3.05, 3.63) is 47.2 Å². The number of thiophene rings is 1. The van der Waals surface area contributed by atoms with E-state index in [1.165, 1.54) is 23.5 Å². The summed E-state index contributed by atoms with van der Waals surface area (Å²) in [4.78, 5) is 44.0. The standard InChI is InChI=1S/C28H31FN4O5S/c1-28(2,3)26(35)37-18-9-12-33(13-10-18)25(34)23-15-20-24(39-23)22(8-11-30-20)38-21-7-6-17(14-19(21)29)32-27(36)31-16-4-5-16/h6-8,11,14-16,18H,4-5,9-10,12-13H2,1-3H3,(H2,31,32,36). The lowest BCUT2D eigenvalue weighted by molar-refractivity contribution is -0.160. The van der Waals surface area contributed by atoms with Crippen LogP contribution in [0.25, 0.3) is 10.2 Å². The van der Waals surface area contributed by atoms with Gasteiger partial charge in [-0.2, -0.15) is 0 Å². The second kappa shape index (κ2) is 10.8. The third-order valence-electron chi connectivity index (χ3n) is 6.52. The van der Waals surface area contributed by atoms with Crippen molar-refractivity contribution in [3.8, 4) is 11.5 Å². The summed E-state index contributed by atoms with van der Waals surface area (Å²) >= 11 is 1.24. The van der Waals surface area contributed by atoms with E-state index in [2.05, 4.69) is 15.6 Å². The van der Waals surface area contributed by atoms with Gasteiger partial charge in [0.15, 0.2) is 11.6 Å². The van der Waals surface area contributed by atoms with Gasteiger partial charge >= 0.3 is 12.0 Å². The summed E-state index contributed by atoms with van der Waals surface area (Å²) in [5.74, 6) is -0.633. The van der Waals surface area contributed by atoms with Crippen LogP contribution in [0.5, 0.6) is 11.5 Å². The van der Waals surface area contributed by atoms with Crippen LogP contribution in [0.15, 0.2) is 36.5 Å². The number of anilines is 1. The van der Waals surface area contributed by atoms with Crippen LogP contribution in [0.3, 0.4) is 0 Å². The molecule has 0 spiro atoms. The zero-order valence-corrected chi connectivity index (χ0v) is 22.9. The number of pyridine rings is 1. The van der Waals surface area contributed by atoms with Crippen LogP contribution in [-0.2, 0) is 9.53 Å². The van der Waals surface area contributed by atoms with Crippen LogP contribution >= 0.6 is 11.3 Å². The second-order valence-electron chi connectivity index (χ2n) is 10.9. The van der Waals surface area contributed by atoms with Crippen LogP contribution in [0, 0.1) is 11.2 Å². The summed E-state index contributed by atoms with van der Waals surface area (Å²) in [6.45, 7) is 6.42. The molecule has 0 atom stereocenters. The van der Waals surface area contributed by atoms with Crippen LogP contribution in [0.1, 0.15) is 56.1 Å². The van der Waals surface area contributed by atoms with Gasteiger partial charge in [-0.3, -0.25) is 14.6 Å². The van der Waals surface area contributed by atoms with Crippen LogP contribution < -0.4 is 15.4 Å². The first-order valence-electron chi connectivity index (χ1n) is 13.0. The monoisotopic (exact) mass is 554 g/mol. The van der Waals surface area contributed by atoms with Crippen molar-refractivity contribution in [2.45, 2.75) is 58.6 Å². The number of halogens is 1. The molecule has 39 heavy (non-hydrogen) atoms. The smallest absolute Gasteiger partial charge is 0.319 e. The van der Waals surface area contributed by atoms with E-state index in [1.54, 1.807) is 29.3 Å². The van der Waals surface area contributed by atoms with Crippen molar-refractivity contribution in [2.75, 3.05) is 18.4 Å². The molecule has 9 nitrogen and oxygen atoms in total. The maximum atomic E-state index is 14.8. The molecule has 3 amide bonds. The number of benzene rings is 1. The van der Waals surface area contributed by atoms with Gasteiger partial charge in [-0.15, -0.1) is 11.3 Å². The average Bonchev–Trinajstić information content (AvgIpc) is 3.58. The number of esters is 1. The van der Waals surface area contributed by atoms with E-state index in [4.69, 9.17) is 9.47 Å². The molecular formula is C28H31FN4O5S. The third kappa shape index (κ3) is 6.47. The number of ether oxygens (including phenoxy) is 2. The van der Waals surface area contributed by atoms with Gasteiger partial charge in [0.1, 0.15) is 11.9 Å². The molecule has 1 aromatic carbocycles. The van der Waals surface area contributed by atoms with Gasteiger partial charge in [0.2, 0.25) is 0 Å². The molecule has 0 radical (unpaired) electrons. The number of amides is 3. The lowest BCUT2D eigenvalue weighted by Crippen LogP contribution is -2.42. The molecule has 2 N–H and O–H groups in total. The quantitative estimate of drug-likeness (QED) is 0.378. The minimum atomic E-state index is -0.632. The number of aromatic nitrogens is 1. The van der Waals surface area contributed by atoms with E-state index < -0.39 is 11.2 Å². The number of nitrogens with one attached hydrogen (secondary N) is 2. The number of nitrogens with zero attached hydrogens (tertiary/aromatic N) is 2. The number of fused-ring (bicyclic) bond motifs is 1. The molecule has 3 heterocycles. The molecule has 2 fully saturated rings. The lowest BCUT2D eigenvalue weighted by Gasteiger charge is -2.32. The molecule has 11 heteroatoms. The Bertz CT molecular complexity index is 1410. The van der Waals surface area contributed by atoms with Crippen molar-refractivity contribution >= 4 is 45.1 Å².